The molecular formula is C11H11BrO2. The van der Waals surface area contributed by atoms with Crippen molar-refractivity contribution in [2.45, 2.75) is 5.33 Å². The van der Waals surface area contributed by atoms with Crippen molar-refractivity contribution >= 4 is 21.9 Å². The normalized spacial score (nSPS) is 9.50. The van der Waals surface area contributed by atoms with Crippen LogP contribution in [0.1, 0.15) is 15.9 Å². The molecule has 2 nitrogen and oxygen atoms in total. The van der Waals surface area contributed by atoms with Crippen LogP contribution in [0.25, 0.3) is 0 Å². The first-order chi connectivity index (χ1) is 6.77. The van der Waals surface area contributed by atoms with Crippen LogP contribution in [0.3, 0.4) is 0 Å². The molecule has 0 atom stereocenters. The van der Waals surface area contributed by atoms with Crippen molar-refractivity contribution in [3.05, 3.63) is 48.0 Å². The molecule has 1 aromatic carbocycles. The first-order valence-corrected chi connectivity index (χ1v) is 5.33. The van der Waals surface area contributed by atoms with Crippen molar-refractivity contribution < 1.29 is 9.53 Å². The second-order valence-electron chi connectivity index (χ2n) is 2.72. The lowest BCUT2D eigenvalue weighted by Crippen LogP contribution is -2.05. The first-order valence-electron chi connectivity index (χ1n) is 4.21. The molecule has 0 aliphatic rings. The summed E-state index contributed by atoms with van der Waals surface area (Å²) in [5.41, 5.74) is 1.63. The Bertz CT molecular complexity index is 334. The summed E-state index contributed by atoms with van der Waals surface area (Å²) in [6.45, 7) is 3.72. The molecule has 0 spiro atoms. The highest BCUT2D eigenvalue weighted by molar-refractivity contribution is 9.08. The summed E-state index contributed by atoms with van der Waals surface area (Å²) >= 11 is 3.33. The maximum absolute atomic E-state index is 11.4. The maximum Gasteiger partial charge on any atom is 0.338 e. The molecule has 0 amide bonds. The molecule has 0 radical (unpaired) electrons. The molecule has 1 rings (SSSR count). The molecular weight excluding hydrogens is 244 g/mol. The number of halogens is 1. The van der Waals surface area contributed by atoms with Crippen molar-refractivity contribution in [2.24, 2.45) is 0 Å². The Balaban J connectivity index is 2.73. The van der Waals surface area contributed by atoms with Gasteiger partial charge in [0.25, 0.3) is 0 Å². The van der Waals surface area contributed by atoms with Crippen molar-refractivity contribution in [1.29, 1.82) is 0 Å². The second-order valence-corrected chi connectivity index (χ2v) is 3.28. The molecule has 0 fully saturated rings. The van der Waals surface area contributed by atoms with Gasteiger partial charge in [0.15, 0.2) is 0 Å². The van der Waals surface area contributed by atoms with Gasteiger partial charge in [-0.25, -0.2) is 4.79 Å². The van der Waals surface area contributed by atoms with Gasteiger partial charge in [0.05, 0.1) is 5.56 Å². The monoisotopic (exact) mass is 254 g/mol. The summed E-state index contributed by atoms with van der Waals surface area (Å²) in [7, 11) is 0. The molecule has 0 bridgehead atoms. The van der Waals surface area contributed by atoms with E-state index in [-0.39, 0.29) is 12.6 Å². The highest BCUT2D eigenvalue weighted by Crippen LogP contribution is 2.09. The molecule has 0 aromatic heterocycles. The molecule has 0 heterocycles. The van der Waals surface area contributed by atoms with E-state index in [1.165, 1.54) is 0 Å². The van der Waals surface area contributed by atoms with Gasteiger partial charge in [0.2, 0.25) is 0 Å². The number of alkyl halides is 1. The van der Waals surface area contributed by atoms with Gasteiger partial charge >= 0.3 is 5.97 Å². The van der Waals surface area contributed by atoms with Crippen LogP contribution in [0, 0.1) is 0 Å². The lowest BCUT2D eigenvalue weighted by molar-refractivity contribution is 0.0549. The van der Waals surface area contributed by atoms with Crippen LogP contribution in [0.2, 0.25) is 0 Å². The molecule has 0 aliphatic carbocycles. The van der Waals surface area contributed by atoms with E-state index in [0.717, 1.165) is 10.9 Å². The number of rotatable bonds is 4. The Labute approximate surface area is 91.7 Å². The maximum atomic E-state index is 11.4. The van der Waals surface area contributed by atoms with Crippen molar-refractivity contribution in [1.82, 2.24) is 0 Å². The van der Waals surface area contributed by atoms with Gasteiger partial charge in [-0.1, -0.05) is 40.7 Å². The Hall–Kier alpha value is -1.09. The molecule has 0 saturated carbocycles. The molecule has 0 aliphatic heterocycles. The number of hydrogen-bond acceptors (Lipinski definition) is 2. The smallest absolute Gasteiger partial charge is 0.338 e. The molecule has 14 heavy (non-hydrogen) atoms. The van der Waals surface area contributed by atoms with Crippen LogP contribution in [-0.4, -0.2) is 12.6 Å². The largest absolute Gasteiger partial charge is 0.458 e. The van der Waals surface area contributed by atoms with Crippen LogP contribution >= 0.6 is 15.9 Å². The summed E-state index contributed by atoms with van der Waals surface area (Å²) in [4.78, 5) is 11.4. The Morgan fingerprint density at radius 2 is 2.36 bits per heavy atom. The zero-order chi connectivity index (χ0) is 10.4. The van der Waals surface area contributed by atoms with Gasteiger partial charge in [-0.15, -0.1) is 0 Å². The summed E-state index contributed by atoms with van der Waals surface area (Å²) in [5, 5.41) is 0.732. The first kappa shape index (κ1) is 11.0. The van der Waals surface area contributed by atoms with E-state index in [1.807, 2.05) is 12.1 Å². The number of carbonyl (C=O) groups is 1. The Kier molecular flexibility index (Phi) is 4.40. The molecule has 0 unspecified atom stereocenters. The van der Waals surface area contributed by atoms with E-state index < -0.39 is 0 Å². The third-order valence-electron chi connectivity index (χ3n) is 1.65. The number of benzene rings is 1. The number of hydrogen-bond donors (Lipinski definition) is 0. The highest BCUT2D eigenvalue weighted by Gasteiger charge is 2.05. The SMILES string of the molecule is C=CCOC(=O)c1cccc(CBr)c1. The topological polar surface area (TPSA) is 26.3 Å². The zero-order valence-electron chi connectivity index (χ0n) is 7.70. The van der Waals surface area contributed by atoms with Crippen molar-refractivity contribution in [3.8, 4) is 0 Å². The zero-order valence-corrected chi connectivity index (χ0v) is 9.29. The van der Waals surface area contributed by atoms with Gasteiger partial charge < -0.3 is 4.74 Å². The van der Waals surface area contributed by atoms with E-state index in [1.54, 1.807) is 18.2 Å². The van der Waals surface area contributed by atoms with Crippen LogP contribution in [0.5, 0.6) is 0 Å². The quantitative estimate of drug-likeness (QED) is 0.469. The Morgan fingerprint density at radius 1 is 1.57 bits per heavy atom. The summed E-state index contributed by atoms with van der Waals surface area (Å²) in [6.07, 6.45) is 1.55. The average Bonchev–Trinajstić information content (AvgIpc) is 2.26. The minimum atomic E-state index is -0.312. The predicted molar refractivity (Wildman–Crippen MR) is 59.6 cm³/mol. The van der Waals surface area contributed by atoms with Gasteiger partial charge in [0, 0.05) is 5.33 Å². The molecule has 74 valence electrons. The van der Waals surface area contributed by atoms with Crippen LogP contribution in [-0.2, 0) is 10.1 Å². The van der Waals surface area contributed by atoms with Crippen LogP contribution in [0.4, 0.5) is 0 Å². The summed E-state index contributed by atoms with van der Waals surface area (Å²) in [5.74, 6) is -0.312. The number of esters is 1. The van der Waals surface area contributed by atoms with Crippen molar-refractivity contribution in [2.75, 3.05) is 6.61 Å². The molecule has 3 heteroatoms. The third kappa shape index (κ3) is 3.00. The standard InChI is InChI=1S/C11H11BrO2/c1-2-6-14-11(13)10-5-3-4-9(7-10)8-12/h2-5,7H,1,6,8H2. The fourth-order valence-corrected chi connectivity index (χ4v) is 1.35. The Morgan fingerprint density at radius 3 is 3.00 bits per heavy atom. The van der Waals surface area contributed by atoms with E-state index in [2.05, 4.69) is 22.5 Å². The van der Waals surface area contributed by atoms with Gasteiger partial charge in [-0.3, -0.25) is 0 Å². The number of ether oxygens (including phenoxy) is 1. The predicted octanol–water partition coefficient (Wildman–Crippen LogP) is 2.92. The third-order valence-corrected chi connectivity index (χ3v) is 2.30. The minimum Gasteiger partial charge on any atom is -0.458 e. The summed E-state index contributed by atoms with van der Waals surface area (Å²) < 4.78 is 4.90. The van der Waals surface area contributed by atoms with Crippen LogP contribution in [0.15, 0.2) is 36.9 Å². The fourth-order valence-electron chi connectivity index (χ4n) is 0.999. The molecule has 0 N–H and O–H groups in total. The van der Waals surface area contributed by atoms with E-state index >= 15 is 0 Å². The van der Waals surface area contributed by atoms with Gasteiger partial charge in [-0.2, -0.15) is 0 Å². The van der Waals surface area contributed by atoms with E-state index in [4.69, 9.17) is 4.74 Å². The van der Waals surface area contributed by atoms with Crippen molar-refractivity contribution in [3.63, 3.8) is 0 Å². The summed E-state index contributed by atoms with van der Waals surface area (Å²) in [6, 6.07) is 7.32. The van der Waals surface area contributed by atoms with Gasteiger partial charge in [-0.05, 0) is 17.7 Å². The second kappa shape index (κ2) is 5.60. The molecule has 1 aromatic rings. The number of carbonyl (C=O) groups excluding carboxylic acids is 1. The highest BCUT2D eigenvalue weighted by atomic mass is 79.9. The lowest BCUT2D eigenvalue weighted by atomic mass is 10.1. The molecule has 0 saturated heterocycles. The fraction of sp³-hybridized carbons (Fsp3) is 0.182. The lowest BCUT2D eigenvalue weighted by Gasteiger charge is -2.02. The van der Waals surface area contributed by atoms with Gasteiger partial charge in [0.1, 0.15) is 6.61 Å². The van der Waals surface area contributed by atoms with E-state index in [0.29, 0.717) is 5.56 Å². The minimum absolute atomic E-state index is 0.247. The van der Waals surface area contributed by atoms with Crippen LogP contribution < -0.4 is 0 Å². The van der Waals surface area contributed by atoms with E-state index in [9.17, 15) is 4.79 Å². The average molecular weight is 255 g/mol.